The van der Waals surface area contributed by atoms with E-state index in [1.165, 1.54) is 0 Å². The molecule has 2 aromatic heterocycles. The summed E-state index contributed by atoms with van der Waals surface area (Å²) in [5.41, 5.74) is 3.47. The molecule has 0 saturated carbocycles. The van der Waals surface area contributed by atoms with Crippen LogP contribution in [-0.2, 0) is 6.18 Å². The number of nitrogens with zero attached hydrogens (tertiary/aromatic N) is 3. The van der Waals surface area contributed by atoms with Gasteiger partial charge in [-0.25, -0.2) is 0 Å². The van der Waals surface area contributed by atoms with E-state index < -0.39 is 34.9 Å². The summed E-state index contributed by atoms with van der Waals surface area (Å²) in [6, 6.07) is 0.767. The van der Waals surface area contributed by atoms with Crippen LogP contribution in [0.2, 0.25) is 0 Å². The highest BCUT2D eigenvalue weighted by molar-refractivity contribution is 5.89. The van der Waals surface area contributed by atoms with E-state index >= 15 is 0 Å². The lowest BCUT2D eigenvalue weighted by atomic mass is 10.1. The molecule has 0 atom stereocenters. The Bertz CT molecular complexity index is 593. The summed E-state index contributed by atoms with van der Waals surface area (Å²) in [6.07, 6.45) is -2.70. The number of amides is 1. The van der Waals surface area contributed by atoms with Gasteiger partial charge in [0.1, 0.15) is 0 Å². The van der Waals surface area contributed by atoms with Gasteiger partial charge in [0.25, 0.3) is 17.6 Å². The van der Waals surface area contributed by atoms with Crippen molar-refractivity contribution in [3.63, 3.8) is 0 Å². The zero-order valence-electron chi connectivity index (χ0n) is 8.60. The number of aromatic nitrogens is 3. The van der Waals surface area contributed by atoms with E-state index in [-0.39, 0.29) is 0 Å². The number of primary amides is 1. The first kappa shape index (κ1) is 12.0. The molecule has 0 bridgehead atoms. The van der Waals surface area contributed by atoms with Crippen molar-refractivity contribution in [1.29, 1.82) is 0 Å². The Labute approximate surface area is 97.6 Å². The standard InChI is InChI=1S/C9H5F3N4O2/c10-9(11,12)5-1-2-14-3-4(5)8-15-7(6(13)17)16-18-8/h1-3H,(H2,13,17). The van der Waals surface area contributed by atoms with E-state index in [4.69, 9.17) is 5.73 Å². The minimum Gasteiger partial charge on any atom is -0.363 e. The van der Waals surface area contributed by atoms with Gasteiger partial charge in [0, 0.05) is 12.4 Å². The Morgan fingerprint density at radius 3 is 2.67 bits per heavy atom. The minimum absolute atomic E-state index is 0.412. The third-order valence-corrected chi connectivity index (χ3v) is 2.00. The molecule has 0 aromatic carbocycles. The molecule has 9 heteroatoms. The Morgan fingerprint density at radius 1 is 1.39 bits per heavy atom. The lowest BCUT2D eigenvalue weighted by molar-refractivity contribution is -0.137. The molecule has 2 rings (SSSR count). The number of carbonyl (C=O) groups is 1. The molecule has 6 nitrogen and oxygen atoms in total. The molecule has 2 N–H and O–H groups in total. The number of rotatable bonds is 2. The quantitative estimate of drug-likeness (QED) is 0.874. The van der Waals surface area contributed by atoms with Crippen LogP contribution in [0.15, 0.2) is 23.0 Å². The van der Waals surface area contributed by atoms with E-state index in [2.05, 4.69) is 19.6 Å². The number of nitrogens with two attached hydrogens (primary N) is 1. The topological polar surface area (TPSA) is 94.9 Å². The van der Waals surface area contributed by atoms with Crippen LogP contribution in [0.3, 0.4) is 0 Å². The van der Waals surface area contributed by atoms with Crippen molar-refractivity contribution in [3.05, 3.63) is 29.8 Å². The van der Waals surface area contributed by atoms with E-state index in [1.807, 2.05) is 0 Å². The minimum atomic E-state index is -4.60. The van der Waals surface area contributed by atoms with Crippen molar-refractivity contribution in [1.82, 2.24) is 15.1 Å². The van der Waals surface area contributed by atoms with Crippen LogP contribution in [0.25, 0.3) is 11.5 Å². The highest BCUT2D eigenvalue weighted by atomic mass is 19.4. The van der Waals surface area contributed by atoms with Crippen LogP contribution in [0.4, 0.5) is 13.2 Å². The number of halogens is 3. The van der Waals surface area contributed by atoms with Gasteiger partial charge in [0.05, 0.1) is 11.1 Å². The molecule has 2 heterocycles. The highest BCUT2D eigenvalue weighted by Crippen LogP contribution is 2.35. The van der Waals surface area contributed by atoms with Crippen LogP contribution in [0.5, 0.6) is 0 Å². The van der Waals surface area contributed by atoms with E-state index in [9.17, 15) is 18.0 Å². The monoisotopic (exact) mass is 258 g/mol. The molecule has 0 aliphatic carbocycles. The second kappa shape index (κ2) is 4.09. The fourth-order valence-corrected chi connectivity index (χ4v) is 1.25. The van der Waals surface area contributed by atoms with Crippen molar-refractivity contribution < 1.29 is 22.5 Å². The second-order valence-electron chi connectivity index (χ2n) is 3.21. The van der Waals surface area contributed by atoms with Gasteiger partial charge in [-0.2, -0.15) is 18.2 Å². The fourth-order valence-electron chi connectivity index (χ4n) is 1.25. The molecule has 0 spiro atoms. The number of carbonyl (C=O) groups excluding carboxylic acids is 1. The number of alkyl halides is 3. The molecule has 0 saturated heterocycles. The first-order chi connectivity index (χ1) is 8.39. The summed E-state index contributed by atoms with van der Waals surface area (Å²) >= 11 is 0. The van der Waals surface area contributed by atoms with Gasteiger partial charge in [-0.05, 0) is 6.07 Å². The molecule has 0 aliphatic rings. The molecule has 0 radical (unpaired) electrons. The second-order valence-corrected chi connectivity index (χ2v) is 3.21. The maximum Gasteiger partial charge on any atom is 0.417 e. The third-order valence-electron chi connectivity index (χ3n) is 2.00. The fraction of sp³-hybridized carbons (Fsp3) is 0.111. The summed E-state index contributed by atoms with van der Waals surface area (Å²) in [5.74, 6) is -1.96. The van der Waals surface area contributed by atoms with E-state index in [1.54, 1.807) is 0 Å². The largest absolute Gasteiger partial charge is 0.417 e. The summed E-state index contributed by atoms with van der Waals surface area (Å²) in [7, 11) is 0. The smallest absolute Gasteiger partial charge is 0.363 e. The summed E-state index contributed by atoms with van der Waals surface area (Å²) in [6.45, 7) is 0. The molecule has 94 valence electrons. The van der Waals surface area contributed by atoms with Crippen LogP contribution < -0.4 is 5.73 Å². The van der Waals surface area contributed by atoms with Crippen molar-refractivity contribution in [2.24, 2.45) is 5.73 Å². The van der Waals surface area contributed by atoms with Crippen molar-refractivity contribution in [3.8, 4) is 11.5 Å². The van der Waals surface area contributed by atoms with Gasteiger partial charge in [-0.1, -0.05) is 5.16 Å². The normalized spacial score (nSPS) is 11.5. The van der Waals surface area contributed by atoms with Gasteiger partial charge < -0.3 is 10.3 Å². The first-order valence-electron chi connectivity index (χ1n) is 4.54. The third kappa shape index (κ3) is 2.14. The summed E-state index contributed by atoms with van der Waals surface area (Å²) < 4.78 is 42.6. The van der Waals surface area contributed by atoms with Crippen LogP contribution in [0, 0.1) is 0 Å². The molecule has 18 heavy (non-hydrogen) atoms. The predicted octanol–water partition coefficient (Wildman–Crippen LogP) is 1.25. The Morgan fingerprint density at radius 2 is 2.11 bits per heavy atom. The average Bonchev–Trinajstić information content (AvgIpc) is 2.77. The molecule has 0 aliphatic heterocycles. The maximum absolute atomic E-state index is 12.7. The SMILES string of the molecule is NC(=O)c1noc(-c2cnccc2C(F)(F)F)n1. The van der Waals surface area contributed by atoms with Crippen LogP contribution in [-0.4, -0.2) is 21.0 Å². The van der Waals surface area contributed by atoms with Gasteiger partial charge >= 0.3 is 6.18 Å². The van der Waals surface area contributed by atoms with Crippen LogP contribution >= 0.6 is 0 Å². The molecule has 2 aromatic rings. The molecule has 0 fully saturated rings. The Kier molecular flexibility index (Phi) is 2.73. The lowest BCUT2D eigenvalue weighted by Crippen LogP contribution is -2.12. The van der Waals surface area contributed by atoms with E-state index in [0.29, 0.717) is 0 Å². The molecule has 1 amide bonds. The van der Waals surface area contributed by atoms with Crippen molar-refractivity contribution in [2.45, 2.75) is 6.18 Å². The molecule has 0 unspecified atom stereocenters. The number of pyridine rings is 1. The Balaban J connectivity index is 2.53. The zero-order chi connectivity index (χ0) is 13.3. The van der Waals surface area contributed by atoms with Gasteiger partial charge in [-0.3, -0.25) is 9.78 Å². The van der Waals surface area contributed by atoms with Gasteiger partial charge in [0.15, 0.2) is 0 Å². The highest BCUT2D eigenvalue weighted by Gasteiger charge is 2.35. The maximum atomic E-state index is 12.7. The number of hydrogen-bond donors (Lipinski definition) is 1. The number of hydrogen-bond acceptors (Lipinski definition) is 5. The van der Waals surface area contributed by atoms with Crippen molar-refractivity contribution >= 4 is 5.91 Å². The van der Waals surface area contributed by atoms with Gasteiger partial charge in [0.2, 0.25) is 0 Å². The molecular formula is C9H5F3N4O2. The van der Waals surface area contributed by atoms with E-state index in [0.717, 1.165) is 18.5 Å². The average molecular weight is 258 g/mol. The van der Waals surface area contributed by atoms with Crippen LogP contribution in [0.1, 0.15) is 16.2 Å². The lowest BCUT2D eigenvalue weighted by Gasteiger charge is -2.08. The first-order valence-corrected chi connectivity index (χ1v) is 4.54. The zero-order valence-corrected chi connectivity index (χ0v) is 8.60. The predicted molar refractivity (Wildman–Crippen MR) is 51.0 cm³/mol. The van der Waals surface area contributed by atoms with Gasteiger partial charge in [-0.15, -0.1) is 0 Å². The summed E-state index contributed by atoms with van der Waals surface area (Å²) in [5, 5.41) is 3.16. The molecular weight excluding hydrogens is 253 g/mol. The Hall–Kier alpha value is -2.45. The van der Waals surface area contributed by atoms with Crippen molar-refractivity contribution in [2.75, 3.05) is 0 Å². The summed E-state index contributed by atoms with van der Waals surface area (Å²) in [4.78, 5) is 17.7.